The number of carbonyl (C=O) groups excluding carboxylic acids is 3. The van der Waals surface area contributed by atoms with Crippen LogP contribution in [0, 0.1) is 0 Å². The maximum absolute atomic E-state index is 13.1. The number of amides is 2. The fourth-order valence-electron chi connectivity index (χ4n) is 3.84. The zero-order valence-electron chi connectivity index (χ0n) is 17.9. The summed E-state index contributed by atoms with van der Waals surface area (Å²) in [7, 11) is 1.70. The number of benzene rings is 1. The first-order chi connectivity index (χ1) is 14.9. The zero-order chi connectivity index (χ0) is 22.8. The van der Waals surface area contributed by atoms with Gasteiger partial charge in [-0.1, -0.05) is 30.3 Å². The molecule has 0 radical (unpaired) electrons. The lowest BCUT2D eigenvalue weighted by Crippen LogP contribution is -2.55. The van der Waals surface area contributed by atoms with Crippen molar-refractivity contribution in [3.8, 4) is 0 Å². The second kappa shape index (κ2) is 12.2. The molecule has 1 aromatic rings. The average Bonchev–Trinajstić information content (AvgIpc) is 3.26. The number of carbonyl (C=O) groups is 4. The van der Waals surface area contributed by atoms with Crippen molar-refractivity contribution < 1.29 is 24.3 Å². The normalized spacial score (nSPS) is 17.7. The standard InChI is InChI=1S/C22H32N4O5/c1-24-17(14-15-8-3-2-4-9-15)21(29)26-13-7-11-18(26)20(28)25-16(10-5-6-12-23)19(27)22(30)31/h2-4,8-9,16-18,24H,5-7,10-14,23H2,1H3,(H,25,28)(H,30,31). The van der Waals surface area contributed by atoms with Crippen LogP contribution in [0.15, 0.2) is 30.3 Å². The minimum Gasteiger partial charge on any atom is -0.475 e. The number of hydrogen-bond donors (Lipinski definition) is 4. The number of nitrogens with two attached hydrogens (primary N) is 1. The van der Waals surface area contributed by atoms with Crippen molar-refractivity contribution in [3.63, 3.8) is 0 Å². The Morgan fingerprint density at radius 3 is 2.48 bits per heavy atom. The lowest BCUT2D eigenvalue weighted by molar-refractivity contribution is -0.151. The summed E-state index contributed by atoms with van der Waals surface area (Å²) in [5.74, 6) is -3.32. The number of aliphatic carboxylic acids is 1. The van der Waals surface area contributed by atoms with Crippen LogP contribution in [0.1, 0.15) is 37.7 Å². The van der Waals surface area contributed by atoms with E-state index in [1.54, 1.807) is 7.05 Å². The van der Waals surface area contributed by atoms with Crippen molar-refractivity contribution in [1.29, 1.82) is 0 Å². The number of carboxylic acids is 1. The molecule has 1 aliphatic heterocycles. The summed E-state index contributed by atoms with van der Waals surface area (Å²) in [6.45, 7) is 0.855. The molecule has 9 heteroatoms. The van der Waals surface area contributed by atoms with Crippen molar-refractivity contribution in [2.75, 3.05) is 20.1 Å². The fourth-order valence-corrected chi connectivity index (χ4v) is 3.84. The lowest BCUT2D eigenvalue weighted by atomic mass is 10.0. The Morgan fingerprint density at radius 1 is 1.16 bits per heavy atom. The molecule has 0 bridgehead atoms. The van der Waals surface area contributed by atoms with E-state index in [9.17, 15) is 19.2 Å². The molecule has 2 amide bonds. The molecule has 1 saturated heterocycles. The first-order valence-electron chi connectivity index (χ1n) is 10.7. The van der Waals surface area contributed by atoms with Crippen LogP contribution in [0.4, 0.5) is 0 Å². The van der Waals surface area contributed by atoms with Crippen LogP contribution >= 0.6 is 0 Å². The summed E-state index contributed by atoms with van der Waals surface area (Å²) in [6, 6.07) is 7.26. The topological polar surface area (TPSA) is 142 Å². The van der Waals surface area contributed by atoms with Crippen molar-refractivity contribution in [2.24, 2.45) is 5.73 Å². The predicted molar refractivity (Wildman–Crippen MR) is 115 cm³/mol. The summed E-state index contributed by atoms with van der Waals surface area (Å²) in [6.07, 6.45) is 2.96. The third-order valence-corrected chi connectivity index (χ3v) is 5.56. The monoisotopic (exact) mass is 432 g/mol. The highest BCUT2D eigenvalue weighted by atomic mass is 16.4. The number of Topliss-reactive ketones (excluding diaryl/α,β-unsaturated/α-hetero) is 1. The van der Waals surface area contributed by atoms with Crippen LogP contribution in [0.3, 0.4) is 0 Å². The molecule has 1 aliphatic rings. The molecule has 0 aromatic heterocycles. The van der Waals surface area contributed by atoms with Gasteiger partial charge >= 0.3 is 5.97 Å². The maximum Gasteiger partial charge on any atom is 0.374 e. The van der Waals surface area contributed by atoms with E-state index in [4.69, 9.17) is 10.8 Å². The van der Waals surface area contributed by atoms with Crippen molar-refractivity contribution in [2.45, 2.75) is 56.7 Å². The molecule has 9 nitrogen and oxygen atoms in total. The average molecular weight is 433 g/mol. The van der Waals surface area contributed by atoms with Crippen LogP contribution in [0.2, 0.25) is 0 Å². The molecule has 1 fully saturated rings. The number of nitrogens with one attached hydrogen (secondary N) is 2. The highest BCUT2D eigenvalue weighted by molar-refractivity contribution is 6.35. The minimum absolute atomic E-state index is 0.187. The second-order valence-electron chi connectivity index (χ2n) is 7.74. The van der Waals surface area contributed by atoms with Gasteiger partial charge in [-0.3, -0.25) is 14.4 Å². The molecule has 3 atom stereocenters. The van der Waals surface area contributed by atoms with Gasteiger partial charge in [0.1, 0.15) is 6.04 Å². The van der Waals surface area contributed by atoms with E-state index in [1.165, 1.54) is 4.90 Å². The fraction of sp³-hybridized carbons (Fsp3) is 0.545. The number of unbranched alkanes of at least 4 members (excludes halogenated alkanes) is 1. The third kappa shape index (κ3) is 6.86. The quantitative estimate of drug-likeness (QED) is 0.271. The Morgan fingerprint density at radius 2 is 1.87 bits per heavy atom. The van der Waals surface area contributed by atoms with Gasteiger partial charge in [0.15, 0.2) is 0 Å². The molecule has 0 saturated carbocycles. The predicted octanol–water partition coefficient (Wildman–Crippen LogP) is 0.0756. The first kappa shape index (κ1) is 24.5. The van der Waals surface area contributed by atoms with E-state index < -0.39 is 35.8 Å². The third-order valence-electron chi connectivity index (χ3n) is 5.56. The van der Waals surface area contributed by atoms with Crippen molar-refractivity contribution in [1.82, 2.24) is 15.5 Å². The summed E-state index contributed by atoms with van der Waals surface area (Å²) < 4.78 is 0. The maximum atomic E-state index is 13.1. The van der Waals surface area contributed by atoms with Gasteiger partial charge in [-0.2, -0.15) is 0 Å². The lowest BCUT2D eigenvalue weighted by Gasteiger charge is -2.29. The molecule has 170 valence electrons. The molecule has 5 N–H and O–H groups in total. The van der Waals surface area contributed by atoms with Crippen LogP contribution in [-0.2, 0) is 25.6 Å². The Bertz CT molecular complexity index is 770. The summed E-state index contributed by atoms with van der Waals surface area (Å²) >= 11 is 0. The molecule has 1 heterocycles. The van der Waals surface area contributed by atoms with Crippen molar-refractivity contribution >= 4 is 23.6 Å². The summed E-state index contributed by atoms with van der Waals surface area (Å²) in [5, 5.41) is 14.7. The van der Waals surface area contributed by atoms with Crippen LogP contribution in [0.25, 0.3) is 0 Å². The SMILES string of the molecule is CNC(Cc1ccccc1)C(=O)N1CCCC1C(=O)NC(CCCCN)C(=O)C(=O)O. The summed E-state index contributed by atoms with van der Waals surface area (Å²) in [5.41, 5.74) is 6.46. The Balaban J connectivity index is 2.07. The van der Waals surface area contributed by atoms with Gasteiger partial charge in [0, 0.05) is 6.54 Å². The van der Waals surface area contributed by atoms with Crippen LogP contribution in [0.5, 0.6) is 0 Å². The van der Waals surface area contributed by atoms with Gasteiger partial charge < -0.3 is 26.4 Å². The van der Waals surface area contributed by atoms with Gasteiger partial charge in [-0.15, -0.1) is 0 Å². The van der Waals surface area contributed by atoms with Crippen LogP contribution in [-0.4, -0.2) is 71.8 Å². The number of likely N-dealkylation sites (tertiary alicyclic amines) is 1. The van der Waals surface area contributed by atoms with Crippen molar-refractivity contribution in [3.05, 3.63) is 35.9 Å². The summed E-state index contributed by atoms with van der Waals surface area (Å²) in [4.78, 5) is 50.8. The molecule has 0 spiro atoms. The molecule has 1 aromatic carbocycles. The van der Waals surface area contributed by atoms with Gasteiger partial charge in [-0.25, -0.2) is 4.79 Å². The number of nitrogens with zero attached hydrogens (tertiary/aromatic N) is 1. The van der Waals surface area contributed by atoms with Crippen LogP contribution < -0.4 is 16.4 Å². The second-order valence-corrected chi connectivity index (χ2v) is 7.74. The Labute approximate surface area is 182 Å². The molecule has 2 rings (SSSR count). The Kier molecular flexibility index (Phi) is 9.61. The van der Waals surface area contributed by atoms with Gasteiger partial charge in [0.05, 0.1) is 12.1 Å². The molecule has 0 aliphatic carbocycles. The number of rotatable bonds is 12. The smallest absolute Gasteiger partial charge is 0.374 e. The Hall–Kier alpha value is -2.78. The van der Waals surface area contributed by atoms with Gasteiger partial charge in [-0.05, 0) is 57.7 Å². The number of likely N-dealkylation sites (N-methyl/N-ethyl adjacent to an activating group) is 1. The number of carboxylic acid groups (broad SMARTS) is 1. The van der Waals surface area contributed by atoms with E-state index in [-0.39, 0.29) is 12.3 Å². The number of hydrogen-bond acceptors (Lipinski definition) is 6. The van der Waals surface area contributed by atoms with E-state index in [1.807, 2.05) is 30.3 Å². The van der Waals surface area contributed by atoms with Gasteiger partial charge in [0.25, 0.3) is 5.78 Å². The van der Waals surface area contributed by atoms with Gasteiger partial charge in [0.2, 0.25) is 11.8 Å². The van der Waals surface area contributed by atoms with E-state index >= 15 is 0 Å². The zero-order valence-corrected chi connectivity index (χ0v) is 17.9. The first-order valence-corrected chi connectivity index (χ1v) is 10.7. The van der Waals surface area contributed by atoms with E-state index in [2.05, 4.69) is 10.6 Å². The molecular formula is C22H32N4O5. The number of ketones is 1. The van der Waals surface area contributed by atoms with E-state index in [0.29, 0.717) is 45.2 Å². The molecular weight excluding hydrogens is 400 g/mol. The highest BCUT2D eigenvalue weighted by Crippen LogP contribution is 2.20. The largest absolute Gasteiger partial charge is 0.475 e. The highest BCUT2D eigenvalue weighted by Gasteiger charge is 2.38. The minimum atomic E-state index is -1.59. The van der Waals surface area contributed by atoms with E-state index in [0.717, 1.165) is 5.56 Å². The molecule has 31 heavy (non-hydrogen) atoms. The molecule has 3 unspecified atom stereocenters.